The van der Waals surface area contributed by atoms with Gasteiger partial charge in [0, 0.05) is 36.1 Å². The zero-order chi connectivity index (χ0) is 13.0. The SMILES string of the molecule is CC(Cc1cccs1)N(C)c1cnccc1CO. The molecule has 96 valence electrons. The van der Waals surface area contributed by atoms with Gasteiger partial charge in [0.1, 0.15) is 0 Å². The minimum Gasteiger partial charge on any atom is -0.392 e. The van der Waals surface area contributed by atoms with Crippen LogP contribution in [-0.2, 0) is 13.0 Å². The highest BCUT2D eigenvalue weighted by atomic mass is 32.1. The number of anilines is 1. The summed E-state index contributed by atoms with van der Waals surface area (Å²) in [6.07, 6.45) is 4.54. The van der Waals surface area contributed by atoms with Crippen LogP contribution < -0.4 is 4.90 Å². The Morgan fingerprint density at radius 2 is 2.28 bits per heavy atom. The second-order valence-electron chi connectivity index (χ2n) is 4.41. The van der Waals surface area contributed by atoms with Crippen molar-refractivity contribution in [2.75, 3.05) is 11.9 Å². The molecule has 1 N–H and O–H groups in total. The maximum absolute atomic E-state index is 9.35. The first-order valence-corrected chi connectivity index (χ1v) is 6.89. The van der Waals surface area contributed by atoms with Gasteiger partial charge in [-0.25, -0.2) is 0 Å². The molecule has 0 aliphatic heterocycles. The molecule has 0 bridgehead atoms. The molecule has 0 aliphatic rings. The van der Waals surface area contributed by atoms with Crippen molar-refractivity contribution in [2.45, 2.75) is 26.0 Å². The van der Waals surface area contributed by atoms with Gasteiger partial charge in [-0.2, -0.15) is 0 Å². The van der Waals surface area contributed by atoms with E-state index in [2.05, 4.69) is 41.4 Å². The minimum absolute atomic E-state index is 0.0495. The lowest BCUT2D eigenvalue weighted by Gasteiger charge is -2.28. The number of aromatic nitrogens is 1. The van der Waals surface area contributed by atoms with Crippen molar-refractivity contribution in [3.05, 3.63) is 46.4 Å². The predicted molar refractivity (Wildman–Crippen MR) is 76.0 cm³/mol. The standard InChI is InChI=1S/C14H18N2OS/c1-11(8-13-4-3-7-18-13)16(2)14-9-15-6-5-12(14)10-17/h3-7,9,11,17H,8,10H2,1-2H3. The van der Waals surface area contributed by atoms with Crippen molar-refractivity contribution in [2.24, 2.45) is 0 Å². The van der Waals surface area contributed by atoms with Crippen molar-refractivity contribution in [1.29, 1.82) is 0 Å². The molecule has 2 heterocycles. The average molecular weight is 262 g/mol. The molecule has 0 saturated carbocycles. The molecule has 0 aromatic carbocycles. The van der Waals surface area contributed by atoms with E-state index in [-0.39, 0.29) is 6.61 Å². The van der Waals surface area contributed by atoms with Crippen LogP contribution in [0.5, 0.6) is 0 Å². The average Bonchev–Trinajstić information content (AvgIpc) is 2.90. The number of rotatable bonds is 5. The van der Waals surface area contributed by atoms with Gasteiger partial charge in [0.2, 0.25) is 0 Å². The first-order chi connectivity index (χ1) is 8.72. The largest absolute Gasteiger partial charge is 0.392 e. The molecule has 2 aromatic rings. The highest BCUT2D eigenvalue weighted by Gasteiger charge is 2.14. The van der Waals surface area contributed by atoms with E-state index >= 15 is 0 Å². The van der Waals surface area contributed by atoms with E-state index in [1.165, 1.54) is 4.88 Å². The number of hydrogen-bond donors (Lipinski definition) is 1. The molecule has 3 nitrogen and oxygen atoms in total. The zero-order valence-corrected chi connectivity index (χ0v) is 11.5. The summed E-state index contributed by atoms with van der Waals surface area (Å²) in [6.45, 7) is 2.24. The molecular formula is C14H18N2OS. The van der Waals surface area contributed by atoms with Crippen molar-refractivity contribution in [3.63, 3.8) is 0 Å². The van der Waals surface area contributed by atoms with Crippen LogP contribution in [-0.4, -0.2) is 23.2 Å². The molecule has 2 rings (SSSR count). The first-order valence-electron chi connectivity index (χ1n) is 6.01. The van der Waals surface area contributed by atoms with E-state index in [9.17, 15) is 5.11 Å². The maximum atomic E-state index is 9.35. The Labute approximate surface area is 112 Å². The molecule has 0 aliphatic carbocycles. The summed E-state index contributed by atoms with van der Waals surface area (Å²) in [5, 5.41) is 11.5. The number of thiophene rings is 1. The van der Waals surface area contributed by atoms with Crippen LogP contribution >= 0.6 is 11.3 Å². The van der Waals surface area contributed by atoms with Gasteiger partial charge in [0.15, 0.2) is 0 Å². The van der Waals surface area contributed by atoms with E-state index in [0.29, 0.717) is 6.04 Å². The van der Waals surface area contributed by atoms with Gasteiger partial charge < -0.3 is 10.0 Å². The predicted octanol–water partition coefficient (Wildman–Crippen LogP) is 2.70. The normalized spacial score (nSPS) is 12.4. The number of likely N-dealkylation sites (N-methyl/N-ethyl adjacent to an activating group) is 1. The Morgan fingerprint density at radius 3 is 2.94 bits per heavy atom. The molecule has 18 heavy (non-hydrogen) atoms. The quantitative estimate of drug-likeness (QED) is 0.900. The number of pyridine rings is 1. The maximum Gasteiger partial charge on any atom is 0.0703 e. The third-order valence-electron chi connectivity index (χ3n) is 3.18. The van der Waals surface area contributed by atoms with Gasteiger partial charge >= 0.3 is 0 Å². The van der Waals surface area contributed by atoms with Crippen molar-refractivity contribution in [1.82, 2.24) is 4.98 Å². The minimum atomic E-state index is 0.0495. The Hall–Kier alpha value is -1.39. The number of nitrogens with zero attached hydrogens (tertiary/aromatic N) is 2. The molecule has 4 heteroatoms. The van der Waals surface area contributed by atoms with Gasteiger partial charge in [0.05, 0.1) is 18.5 Å². The Kier molecular flexibility index (Phi) is 4.33. The fourth-order valence-corrected chi connectivity index (χ4v) is 2.79. The number of hydrogen-bond acceptors (Lipinski definition) is 4. The lowest BCUT2D eigenvalue weighted by atomic mass is 10.1. The molecule has 0 saturated heterocycles. The molecule has 2 aromatic heterocycles. The lowest BCUT2D eigenvalue weighted by Crippen LogP contribution is -2.31. The summed E-state index contributed by atoms with van der Waals surface area (Å²) in [5.41, 5.74) is 1.93. The third kappa shape index (κ3) is 2.89. The van der Waals surface area contributed by atoms with E-state index < -0.39 is 0 Å². The third-order valence-corrected chi connectivity index (χ3v) is 4.07. The van der Waals surface area contributed by atoms with Crippen LogP contribution in [0.15, 0.2) is 36.0 Å². The Balaban J connectivity index is 2.12. The summed E-state index contributed by atoms with van der Waals surface area (Å²) in [7, 11) is 2.05. The first kappa shape index (κ1) is 13.1. The second kappa shape index (κ2) is 5.98. The highest BCUT2D eigenvalue weighted by Crippen LogP contribution is 2.22. The van der Waals surface area contributed by atoms with Crippen molar-refractivity contribution >= 4 is 17.0 Å². The molecule has 0 spiro atoms. The number of aliphatic hydroxyl groups excluding tert-OH is 1. The van der Waals surface area contributed by atoms with E-state index in [4.69, 9.17) is 0 Å². The van der Waals surface area contributed by atoms with Gasteiger partial charge in [-0.1, -0.05) is 6.07 Å². The zero-order valence-electron chi connectivity index (χ0n) is 10.7. The van der Waals surface area contributed by atoms with Gasteiger partial charge in [-0.3, -0.25) is 4.98 Å². The van der Waals surface area contributed by atoms with Crippen LogP contribution in [0.2, 0.25) is 0 Å². The number of aliphatic hydroxyl groups is 1. The smallest absolute Gasteiger partial charge is 0.0703 e. The van der Waals surface area contributed by atoms with E-state index in [1.54, 1.807) is 17.5 Å². The molecular weight excluding hydrogens is 244 g/mol. The molecule has 1 unspecified atom stereocenters. The summed E-state index contributed by atoms with van der Waals surface area (Å²) < 4.78 is 0. The van der Waals surface area contributed by atoms with Crippen LogP contribution in [0.25, 0.3) is 0 Å². The van der Waals surface area contributed by atoms with Crippen LogP contribution in [0.3, 0.4) is 0 Å². The van der Waals surface area contributed by atoms with Crippen molar-refractivity contribution < 1.29 is 5.11 Å². The highest BCUT2D eigenvalue weighted by molar-refractivity contribution is 7.09. The molecule has 0 radical (unpaired) electrons. The Morgan fingerprint density at radius 1 is 1.44 bits per heavy atom. The summed E-state index contributed by atoms with van der Waals surface area (Å²) >= 11 is 1.78. The summed E-state index contributed by atoms with van der Waals surface area (Å²) in [4.78, 5) is 7.70. The van der Waals surface area contributed by atoms with Gasteiger partial charge in [-0.05, 0) is 24.4 Å². The summed E-state index contributed by atoms with van der Waals surface area (Å²) in [6, 6.07) is 6.48. The monoisotopic (exact) mass is 262 g/mol. The fraction of sp³-hybridized carbons (Fsp3) is 0.357. The lowest BCUT2D eigenvalue weighted by molar-refractivity contribution is 0.282. The van der Waals surface area contributed by atoms with E-state index in [0.717, 1.165) is 17.7 Å². The molecule has 0 fully saturated rings. The topological polar surface area (TPSA) is 36.4 Å². The van der Waals surface area contributed by atoms with Crippen LogP contribution in [0.4, 0.5) is 5.69 Å². The summed E-state index contributed by atoms with van der Waals surface area (Å²) in [5.74, 6) is 0. The van der Waals surface area contributed by atoms with Crippen LogP contribution in [0.1, 0.15) is 17.4 Å². The van der Waals surface area contributed by atoms with Crippen molar-refractivity contribution in [3.8, 4) is 0 Å². The molecule has 1 atom stereocenters. The van der Waals surface area contributed by atoms with E-state index in [1.807, 2.05) is 12.3 Å². The fourth-order valence-electron chi connectivity index (χ4n) is 1.96. The molecule has 0 amide bonds. The Bertz CT molecular complexity index is 484. The second-order valence-corrected chi connectivity index (χ2v) is 5.44. The van der Waals surface area contributed by atoms with Crippen LogP contribution in [0, 0.1) is 0 Å². The van der Waals surface area contributed by atoms with Gasteiger partial charge in [-0.15, -0.1) is 11.3 Å². The van der Waals surface area contributed by atoms with Gasteiger partial charge in [0.25, 0.3) is 0 Å².